The molecule has 34 heavy (non-hydrogen) atoms. The van der Waals surface area contributed by atoms with E-state index in [1.165, 1.54) is 29.1 Å². The summed E-state index contributed by atoms with van der Waals surface area (Å²) in [5.74, 6) is -1.46. The van der Waals surface area contributed by atoms with Crippen molar-refractivity contribution < 1.29 is 18.4 Å². The lowest BCUT2D eigenvalue weighted by atomic mass is 10.0. The minimum absolute atomic E-state index is 0.0391. The Balaban J connectivity index is 1.79. The molecule has 9 heteroatoms. The van der Waals surface area contributed by atoms with Crippen LogP contribution in [0.3, 0.4) is 0 Å². The van der Waals surface area contributed by atoms with Gasteiger partial charge in [-0.3, -0.25) is 14.5 Å². The average Bonchev–Trinajstić information content (AvgIpc) is 3.48. The fourth-order valence-electron chi connectivity index (χ4n) is 3.61. The summed E-state index contributed by atoms with van der Waals surface area (Å²) in [5, 5.41) is 11.1. The number of benzene rings is 2. The van der Waals surface area contributed by atoms with E-state index in [9.17, 15) is 9.59 Å². The van der Waals surface area contributed by atoms with Crippen LogP contribution in [0.25, 0.3) is 11.0 Å². The van der Waals surface area contributed by atoms with E-state index in [0.29, 0.717) is 17.5 Å². The van der Waals surface area contributed by atoms with Crippen molar-refractivity contribution in [3.05, 3.63) is 78.5 Å². The zero-order valence-corrected chi connectivity index (χ0v) is 19.2. The number of rotatable bonds is 8. The first kappa shape index (κ1) is 23.2. The Kier molecular flexibility index (Phi) is 6.45. The molecule has 0 spiro atoms. The summed E-state index contributed by atoms with van der Waals surface area (Å²) in [4.78, 5) is 28.4. The van der Waals surface area contributed by atoms with Crippen LogP contribution in [0.4, 0.5) is 10.1 Å². The van der Waals surface area contributed by atoms with E-state index in [1.807, 2.05) is 32.9 Å². The summed E-state index contributed by atoms with van der Waals surface area (Å²) in [7, 11) is 0. The highest BCUT2D eigenvalue weighted by atomic mass is 19.1. The van der Waals surface area contributed by atoms with Crippen LogP contribution < -0.4 is 10.2 Å². The van der Waals surface area contributed by atoms with E-state index in [-0.39, 0.29) is 18.0 Å². The second kappa shape index (κ2) is 9.46. The van der Waals surface area contributed by atoms with Crippen LogP contribution in [-0.2, 0) is 16.1 Å². The number of aromatic nitrogens is 3. The van der Waals surface area contributed by atoms with Gasteiger partial charge in [-0.25, -0.2) is 9.07 Å². The highest BCUT2D eigenvalue weighted by molar-refractivity contribution is 6.01. The maximum Gasteiger partial charge on any atom is 0.251 e. The molecular formula is C25H26FN5O3. The summed E-state index contributed by atoms with van der Waals surface area (Å²) in [6.45, 7) is 5.44. The highest BCUT2D eigenvalue weighted by Gasteiger charge is 2.38. The molecule has 4 aromatic rings. The van der Waals surface area contributed by atoms with Crippen molar-refractivity contribution in [2.24, 2.45) is 0 Å². The summed E-state index contributed by atoms with van der Waals surface area (Å²) in [6.07, 6.45) is 2.07. The normalized spacial score (nSPS) is 12.5. The van der Waals surface area contributed by atoms with Gasteiger partial charge in [-0.15, -0.1) is 5.10 Å². The zero-order chi connectivity index (χ0) is 24.3. The molecule has 2 aromatic carbocycles. The van der Waals surface area contributed by atoms with Gasteiger partial charge >= 0.3 is 0 Å². The molecule has 176 valence electrons. The lowest BCUT2D eigenvalue weighted by Gasteiger charge is -2.33. The molecule has 1 atom stereocenters. The van der Waals surface area contributed by atoms with Crippen molar-refractivity contribution in [2.75, 3.05) is 4.90 Å². The molecule has 0 fully saturated rings. The number of amides is 2. The predicted octanol–water partition coefficient (Wildman–Crippen LogP) is 4.24. The van der Waals surface area contributed by atoms with Crippen LogP contribution in [0.1, 0.15) is 39.0 Å². The lowest BCUT2D eigenvalue weighted by Crippen LogP contribution is -2.51. The van der Waals surface area contributed by atoms with Crippen molar-refractivity contribution in [3.63, 3.8) is 0 Å². The third kappa shape index (κ3) is 4.68. The van der Waals surface area contributed by atoms with Crippen LogP contribution in [0, 0.1) is 5.82 Å². The van der Waals surface area contributed by atoms with Crippen LogP contribution in [0.15, 0.2) is 71.3 Å². The minimum Gasteiger partial charge on any atom is -0.467 e. The molecular weight excluding hydrogens is 437 g/mol. The standard InChI is InChI=1S/C25H26FN5O3/c1-4-25(2,3)27-24(33)23(21-14-9-15-34-21)31(19-12-7-5-10-17(19)26)22(32)16-30-20-13-8-6-11-18(20)28-29-30/h5-15,23H,4,16H2,1-3H3,(H,27,33)/t23-/m0/s1. The Labute approximate surface area is 196 Å². The molecule has 1 N–H and O–H groups in total. The number of halogens is 1. The molecule has 0 bridgehead atoms. The fourth-order valence-corrected chi connectivity index (χ4v) is 3.61. The number of hydrogen-bond donors (Lipinski definition) is 1. The monoisotopic (exact) mass is 463 g/mol. The molecule has 2 aromatic heterocycles. The predicted molar refractivity (Wildman–Crippen MR) is 125 cm³/mol. The van der Waals surface area contributed by atoms with E-state index in [2.05, 4.69) is 15.6 Å². The Morgan fingerprint density at radius 2 is 1.85 bits per heavy atom. The largest absolute Gasteiger partial charge is 0.467 e. The van der Waals surface area contributed by atoms with Gasteiger partial charge in [-0.05, 0) is 56.7 Å². The van der Waals surface area contributed by atoms with Gasteiger partial charge in [0.15, 0.2) is 6.04 Å². The molecule has 0 saturated carbocycles. The first-order valence-corrected chi connectivity index (χ1v) is 11.0. The molecule has 8 nitrogen and oxygen atoms in total. The van der Waals surface area contributed by atoms with Crippen molar-refractivity contribution in [2.45, 2.75) is 45.3 Å². The van der Waals surface area contributed by atoms with E-state index < -0.39 is 29.2 Å². The van der Waals surface area contributed by atoms with Gasteiger partial charge in [0.25, 0.3) is 5.91 Å². The third-order valence-corrected chi connectivity index (χ3v) is 5.75. The van der Waals surface area contributed by atoms with Gasteiger partial charge in [0, 0.05) is 5.54 Å². The molecule has 0 radical (unpaired) electrons. The van der Waals surface area contributed by atoms with Crippen molar-refractivity contribution in [3.8, 4) is 0 Å². The van der Waals surface area contributed by atoms with Crippen LogP contribution >= 0.6 is 0 Å². The quantitative estimate of drug-likeness (QED) is 0.422. The van der Waals surface area contributed by atoms with Crippen LogP contribution in [0.5, 0.6) is 0 Å². The van der Waals surface area contributed by atoms with Gasteiger partial charge in [0.1, 0.15) is 23.6 Å². The molecule has 0 saturated heterocycles. The second-order valence-corrected chi connectivity index (χ2v) is 8.60. The smallest absolute Gasteiger partial charge is 0.251 e. The summed E-state index contributed by atoms with van der Waals surface area (Å²) >= 11 is 0. The lowest BCUT2D eigenvalue weighted by molar-refractivity contribution is -0.128. The molecule has 0 unspecified atom stereocenters. The first-order valence-electron chi connectivity index (χ1n) is 11.0. The number of anilines is 1. The van der Waals surface area contributed by atoms with Gasteiger partial charge in [-0.1, -0.05) is 36.4 Å². The van der Waals surface area contributed by atoms with E-state index in [4.69, 9.17) is 4.42 Å². The molecule has 0 aliphatic heterocycles. The average molecular weight is 464 g/mol. The zero-order valence-electron chi connectivity index (χ0n) is 19.2. The van der Waals surface area contributed by atoms with E-state index >= 15 is 4.39 Å². The summed E-state index contributed by atoms with van der Waals surface area (Å²) < 4.78 is 22.0. The highest BCUT2D eigenvalue weighted by Crippen LogP contribution is 2.31. The molecule has 2 amide bonds. The summed E-state index contributed by atoms with van der Waals surface area (Å²) in [5.41, 5.74) is 0.685. The molecule has 0 aliphatic rings. The van der Waals surface area contributed by atoms with Gasteiger partial charge in [0.05, 0.1) is 17.5 Å². The maximum absolute atomic E-state index is 15.0. The van der Waals surface area contributed by atoms with Gasteiger partial charge in [-0.2, -0.15) is 0 Å². The van der Waals surface area contributed by atoms with E-state index in [1.54, 1.807) is 30.3 Å². The Morgan fingerprint density at radius 3 is 2.56 bits per heavy atom. The Bertz CT molecular complexity index is 1300. The van der Waals surface area contributed by atoms with E-state index in [0.717, 1.165) is 4.90 Å². The minimum atomic E-state index is -1.24. The first-order chi connectivity index (χ1) is 16.3. The molecule has 2 heterocycles. The number of hydrogen-bond acceptors (Lipinski definition) is 5. The fraction of sp³-hybridized carbons (Fsp3) is 0.280. The number of carbonyl (C=O) groups is 2. The topological polar surface area (TPSA) is 93.3 Å². The Morgan fingerprint density at radius 1 is 1.12 bits per heavy atom. The number of carbonyl (C=O) groups excluding carboxylic acids is 2. The Hall–Kier alpha value is -4.01. The van der Waals surface area contributed by atoms with Crippen molar-refractivity contribution in [1.82, 2.24) is 20.3 Å². The number of furan rings is 1. The SMILES string of the molecule is CCC(C)(C)NC(=O)[C@H](c1ccco1)N(C(=O)Cn1nnc2ccccc21)c1ccccc1F. The van der Waals surface area contributed by atoms with Crippen LogP contribution in [0.2, 0.25) is 0 Å². The molecule has 0 aliphatic carbocycles. The molecule has 4 rings (SSSR count). The van der Waals surface area contributed by atoms with Crippen molar-refractivity contribution in [1.29, 1.82) is 0 Å². The number of fused-ring (bicyclic) bond motifs is 1. The number of para-hydroxylation sites is 2. The maximum atomic E-state index is 15.0. The van der Waals surface area contributed by atoms with Gasteiger partial charge < -0.3 is 9.73 Å². The van der Waals surface area contributed by atoms with Gasteiger partial charge in [0.2, 0.25) is 5.91 Å². The van der Waals surface area contributed by atoms with Crippen molar-refractivity contribution >= 4 is 28.5 Å². The number of nitrogens with one attached hydrogen (secondary N) is 1. The van der Waals surface area contributed by atoms with Crippen LogP contribution in [-0.4, -0.2) is 32.3 Å². The number of nitrogens with zero attached hydrogens (tertiary/aromatic N) is 4. The summed E-state index contributed by atoms with van der Waals surface area (Å²) in [6, 6.07) is 15.0. The second-order valence-electron chi connectivity index (χ2n) is 8.60. The third-order valence-electron chi connectivity index (χ3n) is 5.75.